The normalized spacial score (nSPS) is 13.0. The van der Waals surface area contributed by atoms with E-state index in [0.29, 0.717) is 17.3 Å². The van der Waals surface area contributed by atoms with Crippen LogP contribution in [0, 0.1) is 11.6 Å². The lowest BCUT2D eigenvalue weighted by Crippen LogP contribution is -2.04. The Kier molecular flexibility index (Phi) is 3.22. The molecular formula is C15H8ClF2NO2. The van der Waals surface area contributed by atoms with E-state index in [9.17, 15) is 18.4 Å². The highest BCUT2D eigenvalue weighted by atomic mass is 35.5. The molecule has 0 spiro atoms. The molecule has 1 amide bonds. The Balaban J connectivity index is 2.06. The van der Waals surface area contributed by atoms with Gasteiger partial charge >= 0.3 is 0 Å². The van der Waals surface area contributed by atoms with Crippen LogP contribution in [0.4, 0.5) is 14.5 Å². The molecule has 106 valence electrons. The van der Waals surface area contributed by atoms with Crippen molar-refractivity contribution in [1.29, 1.82) is 0 Å². The molecule has 3 rings (SSSR count). The number of rotatable bonds is 2. The molecule has 1 heterocycles. The zero-order chi connectivity index (χ0) is 15.1. The predicted octanol–water partition coefficient (Wildman–Crippen LogP) is 3.34. The van der Waals surface area contributed by atoms with Gasteiger partial charge in [-0.05, 0) is 29.8 Å². The molecule has 1 aliphatic rings. The fourth-order valence-electron chi connectivity index (χ4n) is 2.26. The van der Waals surface area contributed by atoms with Gasteiger partial charge in [0.15, 0.2) is 5.78 Å². The van der Waals surface area contributed by atoms with Gasteiger partial charge in [-0.25, -0.2) is 8.78 Å². The molecule has 0 fully saturated rings. The molecule has 0 unspecified atom stereocenters. The molecule has 6 heteroatoms. The first-order valence-electron chi connectivity index (χ1n) is 6.07. The van der Waals surface area contributed by atoms with Crippen molar-refractivity contribution >= 4 is 29.0 Å². The number of hydrogen-bond donors (Lipinski definition) is 1. The highest BCUT2D eigenvalue weighted by Gasteiger charge is 2.23. The first-order chi connectivity index (χ1) is 9.94. The Hall–Kier alpha value is -2.27. The lowest BCUT2D eigenvalue weighted by Gasteiger charge is -2.07. The van der Waals surface area contributed by atoms with E-state index >= 15 is 0 Å². The van der Waals surface area contributed by atoms with Crippen LogP contribution in [0.15, 0.2) is 30.3 Å². The number of anilines is 1. The molecule has 0 radical (unpaired) electrons. The van der Waals surface area contributed by atoms with Gasteiger partial charge in [-0.3, -0.25) is 9.59 Å². The number of fused-ring (bicyclic) bond motifs is 1. The summed E-state index contributed by atoms with van der Waals surface area (Å²) in [6.07, 6.45) is 0.143. The van der Waals surface area contributed by atoms with Crippen molar-refractivity contribution in [3.05, 3.63) is 63.7 Å². The van der Waals surface area contributed by atoms with Crippen LogP contribution < -0.4 is 5.32 Å². The average Bonchev–Trinajstić information content (AvgIpc) is 2.75. The van der Waals surface area contributed by atoms with Crippen molar-refractivity contribution in [3.63, 3.8) is 0 Å². The van der Waals surface area contributed by atoms with Crippen molar-refractivity contribution in [2.45, 2.75) is 6.42 Å². The third-order valence-corrected chi connectivity index (χ3v) is 3.50. The van der Waals surface area contributed by atoms with Gasteiger partial charge in [-0.1, -0.05) is 11.6 Å². The topological polar surface area (TPSA) is 46.2 Å². The molecule has 21 heavy (non-hydrogen) atoms. The minimum Gasteiger partial charge on any atom is -0.325 e. The summed E-state index contributed by atoms with van der Waals surface area (Å²) in [6.45, 7) is 0. The summed E-state index contributed by atoms with van der Waals surface area (Å²) >= 11 is 6.02. The molecule has 0 bridgehead atoms. The highest BCUT2D eigenvalue weighted by Crippen LogP contribution is 2.31. The zero-order valence-corrected chi connectivity index (χ0v) is 11.3. The molecule has 0 aromatic heterocycles. The summed E-state index contributed by atoms with van der Waals surface area (Å²) in [4.78, 5) is 23.6. The minimum atomic E-state index is -0.840. The van der Waals surface area contributed by atoms with Crippen molar-refractivity contribution in [2.24, 2.45) is 0 Å². The fourth-order valence-corrected chi connectivity index (χ4v) is 2.51. The Morgan fingerprint density at radius 1 is 1.10 bits per heavy atom. The quantitative estimate of drug-likeness (QED) is 0.865. The van der Waals surface area contributed by atoms with Crippen LogP contribution in [0.2, 0.25) is 5.02 Å². The maximum Gasteiger partial charge on any atom is 0.228 e. The monoisotopic (exact) mass is 307 g/mol. The van der Waals surface area contributed by atoms with Gasteiger partial charge < -0.3 is 5.32 Å². The number of ketones is 1. The van der Waals surface area contributed by atoms with E-state index in [2.05, 4.69) is 5.32 Å². The molecule has 1 aliphatic heterocycles. The van der Waals surface area contributed by atoms with Crippen molar-refractivity contribution in [3.8, 4) is 0 Å². The van der Waals surface area contributed by atoms with Crippen LogP contribution in [0.3, 0.4) is 0 Å². The van der Waals surface area contributed by atoms with Gasteiger partial charge in [-0.2, -0.15) is 0 Å². The zero-order valence-electron chi connectivity index (χ0n) is 10.5. The molecule has 1 N–H and O–H groups in total. The van der Waals surface area contributed by atoms with E-state index in [4.69, 9.17) is 11.6 Å². The van der Waals surface area contributed by atoms with Crippen molar-refractivity contribution in [1.82, 2.24) is 0 Å². The first-order valence-corrected chi connectivity index (χ1v) is 6.45. The van der Waals surface area contributed by atoms with E-state index in [1.165, 1.54) is 12.1 Å². The average molecular weight is 308 g/mol. The van der Waals surface area contributed by atoms with Crippen molar-refractivity contribution < 1.29 is 18.4 Å². The van der Waals surface area contributed by atoms with E-state index in [0.717, 1.165) is 12.1 Å². The molecular weight excluding hydrogens is 300 g/mol. The van der Waals surface area contributed by atoms with Crippen LogP contribution in [0.25, 0.3) is 0 Å². The Labute approximate surface area is 123 Å². The number of carbonyl (C=O) groups excluding carboxylic acids is 2. The number of amides is 1. The third kappa shape index (κ3) is 2.52. The summed E-state index contributed by atoms with van der Waals surface area (Å²) in [5.41, 5.74) is 1.15. The largest absolute Gasteiger partial charge is 0.325 e. The van der Waals surface area contributed by atoms with Crippen molar-refractivity contribution in [2.75, 3.05) is 5.32 Å². The molecule has 2 aromatic carbocycles. The van der Waals surface area contributed by atoms with Gasteiger partial charge in [-0.15, -0.1) is 0 Å². The predicted molar refractivity (Wildman–Crippen MR) is 73.6 cm³/mol. The number of nitrogens with one attached hydrogen (secondary N) is 1. The molecule has 3 nitrogen and oxygen atoms in total. The summed E-state index contributed by atoms with van der Waals surface area (Å²) in [6, 6.07) is 5.51. The van der Waals surface area contributed by atoms with Gasteiger partial charge in [0.2, 0.25) is 5.91 Å². The van der Waals surface area contributed by atoms with E-state index in [1.54, 1.807) is 0 Å². The minimum absolute atomic E-state index is 0.108. The number of carbonyl (C=O) groups is 2. The lowest BCUT2D eigenvalue weighted by atomic mass is 10.00. The number of halogens is 3. The Morgan fingerprint density at radius 3 is 2.43 bits per heavy atom. The van der Waals surface area contributed by atoms with Crippen LogP contribution in [-0.4, -0.2) is 11.7 Å². The van der Waals surface area contributed by atoms with E-state index in [1.807, 2.05) is 0 Å². The smallest absolute Gasteiger partial charge is 0.228 e. The summed E-state index contributed by atoms with van der Waals surface area (Å²) in [5, 5.41) is 2.72. The second kappa shape index (κ2) is 4.93. The summed E-state index contributed by atoms with van der Waals surface area (Å²) in [7, 11) is 0. The number of benzene rings is 2. The van der Waals surface area contributed by atoms with Crippen LogP contribution in [0.1, 0.15) is 21.5 Å². The van der Waals surface area contributed by atoms with Crippen LogP contribution in [0.5, 0.6) is 0 Å². The van der Waals surface area contributed by atoms with Gasteiger partial charge in [0.05, 0.1) is 11.4 Å². The fraction of sp³-hybridized carbons (Fsp3) is 0.0667. The molecule has 0 saturated carbocycles. The maximum atomic E-state index is 13.2. The third-order valence-electron chi connectivity index (χ3n) is 3.19. The Bertz CT molecular complexity index is 769. The van der Waals surface area contributed by atoms with Crippen LogP contribution >= 0.6 is 11.6 Å². The van der Waals surface area contributed by atoms with Crippen LogP contribution in [-0.2, 0) is 11.2 Å². The van der Waals surface area contributed by atoms with Gasteiger partial charge in [0.25, 0.3) is 0 Å². The highest BCUT2D eigenvalue weighted by molar-refractivity contribution is 6.35. The van der Waals surface area contributed by atoms with Gasteiger partial charge in [0, 0.05) is 22.9 Å². The lowest BCUT2D eigenvalue weighted by molar-refractivity contribution is -0.115. The second-order valence-corrected chi connectivity index (χ2v) is 5.11. The molecule has 0 aliphatic carbocycles. The molecule has 2 aromatic rings. The SMILES string of the molecule is O=C1Cc2cc(C(=O)c3cc(F)cc(F)c3)c(Cl)cc2N1. The Morgan fingerprint density at radius 2 is 1.76 bits per heavy atom. The molecule has 0 saturated heterocycles. The van der Waals surface area contributed by atoms with Gasteiger partial charge in [0.1, 0.15) is 11.6 Å². The maximum absolute atomic E-state index is 13.2. The van der Waals surface area contributed by atoms with E-state index < -0.39 is 17.4 Å². The number of hydrogen-bond acceptors (Lipinski definition) is 2. The molecule has 0 atom stereocenters. The first kappa shape index (κ1) is 13.7. The summed E-state index contributed by atoms with van der Waals surface area (Å²) < 4.78 is 26.4. The summed E-state index contributed by atoms with van der Waals surface area (Å²) in [5.74, 6) is -2.47. The second-order valence-electron chi connectivity index (χ2n) is 4.70. The van der Waals surface area contributed by atoms with E-state index in [-0.39, 0.29) is 28.5 Å². The standard InChI is InChI=1S/C15H8ClF2NO2/c16-12-6-13-7(4-14(20)19-13)3-11(12)15(21)8-1-9(17)5-10(18)2-8/h1-3,5-6H,4H2,(H,19,20).